The van der Waals surface area contributed by atoms with E-state index in [0.717, 1.165) is 11.3 Å². The van der Waals surface area contributed by atoms with Crippen molar-refractivity contribution in [3.8, 4) is 5.69 Å². The summed E-state index contributed by atoms with van der Waals surface area (Å²) in [5.41, 5.74) is 2.14. The number of allylic oxidation sites excluding steroid dienone is 1. The van der Waals surface area contributed by atoms with E-state index in [9.17, 15) is 0 Å². The molecule has 0 saturated heterocycles. The molecule has 0 aliphatic rings. The highest BCUT2D eigenvalue weighted by molar-refractivity contribution is 7.71. The van der Waals surface area contributed by atoms with Gasteiger partial charge in [0.05, 0.1) is 11.9 Å². The number of aromatic amines is 1. The van der Waals surface area contributed by atoms with Gasteiger partial charge in [-0.1, -0.05) is 24.3 Å². The first-order chi connectivity index (χ1) is 8.33. The van der Waals surface area contributed by atoms with Crippen LogP contribution in [0, 0.1) is 4.77 Å². The fourth-order valence-corrected chi connectivity index (χ4v) is 1.84. The average Bonchev–Trinajstić information content (AvgIpc) is 2.76. The maximum Gasteiger partial charge on any atom is 0.181 e. The molecular formula is C13H14N2OS. The van der Waals surface area contributed by atoms with Crippen LogP contribution in [0.15, 0.2) is 49.0 Å². The number of H-pyrrole nitrogens is 1. The van der Waals surface area contributed by atoms with E-state index in [0.29, 0.717) is 11.4 Å². The molecule has 17 heavy (non-hydrogen) atoms. The Labute approximate surface area is 105 Å². The topological polar surface area (TPSA) is 29.9 Å². The van der Waals surface area contributed by atoms with E-state index in [1.54, 1.807) is 6.26 Å². The van der Waals surface area contributed by atoms with Crippen LogP contribution in [0.4, 0.5) is 0 Å². The lowest BCUT2D eigenvalue weighted by molar-refractivity contribution is 0.236. The highest BCUT2D eigenvalue weighted by Crippen LogP contribution is 2.15. The third-order valence-corrected chi connectivity index (χ3v) is 2.69. The standard InChI is InChI=1S/C13H14N2OS/c1-2-9-16-10-11-5-3-4-6-12(11)15-8-7-14-13(15)17/h2-9H,10H2,1H3,(H,14,17). The Morgan fingerprint density at radius 3 is 2.94 bits per heavy atom. The summed E-state index contributed by atoms with van der Waals surface area (Å²) in [6.07, 6.45) is 7.29. The molecule has 1 aromatic heterocycles. The second-order valence-electron chi connectivity index (χ2n) is 3.54. The molecule has 0 saturated carbocycles. The lowest BCUT2D eigenvalue weighted by Crippen LogP contribution is -1.99. The van der Waals surface area contributed by atoms with Crippen LogP contribution in [-0.4, -0.2) is 9.55 Å². The molecule has 4 heteroatoms. The Balaban J connectivity index is 2.34. The molecule has 1 heterocycles. The number of benzene rings is 1. The molecule has 0 aliphatic heterocycles. The van der Waals surface area contributed by atoms with Crippen LogP contribution < -0.4 is 0 Å². The first kappa shape index (κ1) is 11.7. The van der Waals surface area contributed by atoms with Gasteiger partial charge >= 0.3 is 0 Å². The van der Waals surface area contributed by atoms with Gasteiger partial charge in [-0.3, -0.25) is 4.57 Å². The fourth-order valence-electron chi connectivity index (χ4n) is 1.61. The van der Waals surface area contributed by atoms with Crippen molar-refractivity contribution in [1.82, 2.24) is 9.55 Å². The SMILES string of the molecule is CC=COCc1ccccc1-n1cc[nH]c1=S. The molecule has 0 aliphatic carbocycles. The number of rotatable bonds is 4. The maximum atomic E-state index is 5.41. The molecular weight excluding hydrogens is 232 g/mol. The Kier molecular flexibility index (Phi) is 3.77. The predicted molar refractivity (Wildman–Crippen MR) is 70.6 cm³/mol. The average molecular weight is 246 g/mol. The number of hydrogen-bond donors (Lipinski definition) is 1. The summed E-state index contributed by atoms with van der Waals surface area (Å²) in [4.78, 5) is 2.98. The van der Waals surface area contributed by atoms with Gasteiger partial charge in [-0.25, -0.2) is 0 Å². The van der Waals surface area contributed by atoms with E-state index in [1.165, 1.54) is 0 Å². The second kappa shape index (κ2) is 5.50. The Hall–Kier alpha value is -1.81. The van der Waals surface area contributed by atoms with E-state index in [4.69, 9.17) is 17.0 Å². The minimum absolute atomic E-state index is 0.535. The highest BCUT2D eigenvalue weighted by atomic mass is 32.1. The highest BCUT2D eigenvalue weighted by Gasteiger charge is 2.04. The number of nitrogens with zero attached hydrogens (tertiary/aromatic N) is 1. The van der Waals surface area contributed by atoms with Crippen LogP contribution in [0.2, 0.25) is 0 Å². The van der Waals surface area contributed by atoms with E-state index < -0.39 is 0 Å². The lowest BCUT2D eigenvalue weighted by Gasteiger charge is -2.09. The molecule has 2 aromatic rings. The molecule has 0 spiro atoms. The van der Waals surface area contributed by atoms with E-state index >= 15 is 0 Å². The molecule has 0 amide bonds. The summed E-state index contributed by atoms with van der Waals surface area (Å²) in [5.74, 6) is 0. The van der Waals surface area contributed by atoms with Gasteiger partial charge in [0, 0.05) is 18.0 Å². The minimum atomic E-state index is 0.535. The summed E-state index contributed by atoms with van der Waals surface area (Å²) in [5, 5.41) is 0. The molecule has 0 radical (unpaired) electrons. The fraction of sp³-hybridized carbons (Fsp3) is 0.154. The van der Waals surface area contributed by atoms with Crippen molar-refractivity contribution >= 4 is 12.2 Å². The van der Waals surface area contributed by atoms with Crippen molar-refractivity contribution in [3.05, 3.63) is 59.3 Å². The number of aromatic nitrogens is 2. The van der Waals surface area contributed by atoms with Crippen molar-refractivity contribution in [2.45, 2.75) is 13.5 Å². The van der Waals surface area contributed by atoms with Gasteiger partial charge < -0.3 is 9.72 Å². The molecule has 0 unspecified atom stereocenters. The van der Waals surface area contributed by atoms with E-state index in [-0.39, 0.29) is 0 Å². The molecule has 88 valence electrons. The van der Waals surface area contributed by atoms with E-state index in [1.807, 2.05) is 54.2 Å². The number of hydrogen-bond acceptors (Lipinski definition) is 2. The summed E-state index contributed by atoms with van der Waals surface area (Å²) in [6.45, 7) is 2.46. The van der Waals surface area contributed by atoms with Crippen LogP contribution in [0.25, 0.3) is 5.69 Å². The molecule has 0 fully saturated rings. The Morgan fingerprint density at radius 1 is 1.41 bits per heavy atom. The number of ether oxygens (including phenoxy) is 1. The second-order valence-corrected chi connectivity index (χ2v) is 3.93. The zero-order chi connectivity index (χ0) is 12.1. The molecule has 1 aromatic carbocycles. The van der Waals surface area contributed by atoms with Gasteiger partial charge in [0.1, 0.15) is 6.61 Å². The third kappa shape index (κ3) is 2.65. The zero-order valence-electron chi connectivity index (χ0n) is 9.59. The van der Waals surface area contributed by atoms with Crippen molar-refractivity contribution < 1.29 is 4.74 Å². The molecule has 0 atom stereocenters. The number of imidazole rings is 1. The normalized spacial score (nSPS) is 10.9. The largest absolute Gasteiger partial charge is 0.497 e. The Morgan fingerprint density at radius 2 is 2.24 bits per heavy atom. The molecule has 1 N–H and O–H groups in total. The van der Waals surface area contributed by atoms with Crippen LogP contribution in [0.5, 0.6) is 0 Å². The van der Waals surface area contributed by atoms with Crippen molar-refractivity contribution in [1.29, 1.82) is 0 Å². The van der Waals surface area contributed by atoms with Gasteiger partial charge in [-0.15, -0.1) is 0 Å². The van der Waals surface area contributed by atoms with Gasteiger partial charge in [0.15, 0.2) is 4.77 Å². The van der Waals surface area contributed by atoms with Gasteiger partial charge in [-0.2, -0.15) is 0 Å². The zero-order valence-corrected chi connectivity index (χ0v) is 10.4. The molecule has 0 bridgehead atoms. The smallest absolute Gasteiger partial charge is 0.181 e. The van der Waals surface area contributed by atoms with Crippen LogP contribution in [-0.2, 0) is 11.3 Å². The van der Waals surface area contributed by atoms with Gasteiger partial charge in [0.25, 0.3) is 0 Å². The quantitative estimate of drug-likeness (QED) is 0.660. The van der Waals surface area contributed by atoms with Crippen molar-refractivity contribution in [3.63, 3.8) is 0 Å². The number of nitrogens with one attached hydrogen (secondary N) is 1. The van der Waals surface area contributed by atoms with Gasteiger partial charge in [0.2, 0.25) is 0 Å². The summed E-state index contributed by atoms with van der Waals surface area (Å²) < 4.78 is 8.03. The molecule has 3 nitrogen and oxygen atoms in total. The summed E-state index contributed by atoms with van der Waals surface area (Å²) in [6, 6.07) is 8.04. The number of para-hydroxylation sites is 1. The van der Waals surface area contributed by atoms with Crippen LogP contribution >= 0.6 is 12.2 Å². The van der Waals surface area contributed by atoms with Gasteiger partial charge in [-0.05, 0) is 25.2 Å². The van der Waals surface area contributed by atoms with Crippen LogP contribution in [0.1, 0.15) is 12.5 Å². The summed E-state index contributed by atoms with van der Waals surface area (Å²) in [7, 11) is 0. The minimum Gasteiger partial charge on any atom is -0.497 e. The summed E-state index contributed by atoms with van der Waals surface area (Å²) >= 11 is 5.21. The third-order valence-electron chi connectivity index (χ3n) is 2.37. The van der Waals surface area contributed by atoms with Crippen LogP contribution in [0.3, 0.4) is 0 Å². The first-order valence-electron chi connectivity index (χ1n) is 5.40. The lowest BCUT2D eigenvalue weighted by atomic mass is 10.2. The predicted octanol–water partition coefficient (Wildman–Crippen LogP) is 3.59. The van der Waals surface area contributed by atoms with Crippen molar-refractivity contribution in [2.75, 3.05) is 0 Å². The maximum absolute atomic E-state index is 5.41. The van der Waals surface area contributed by atoms with Crippen molar-refractivity contribution in [2.24, 2.45) is 0 Å². The van der Waals surface area contributed by atoms with E-state index in [2.05, 4.69) is 4.98 Å². The first-order valence-corrected chi connectivity index (χ1v) is 5.81. The Bertz CT molecular complexity index is 569. The molecule has 2 rings (SSSR count). The monoisotopic (exact) mass is 246 g/mol.